The molecular formula is C29H41FN2O13. The third-order valence-corrected chi connectivity index (χ3v) is 10.2. The van der Waals surface area contributed by atoms with Gasteiger partial charge in [-0.15, -0.1) is 0 Å². The fraction of sp³-hybridized carbons (Fsp3) is 0.724. The molecule has 8 atom stereocenters. The van der Waals surface area contributed by atoms with Crippen LogP contribution in [-0.2, 0) is 28.6 Å². The van der Waals surface area contributed by atoms with Crippen LogP contribution < -0.4 is 5.32 Å². The van der Waals surface area contributed by atoms with Gasteiger partial charge in [-0.3, -0.25) is 24.8 Å². The average molecular weight is 645 g/mol. The SMILES string of the molecule is C[C@]12C=CC(=O)C=C1CC[C@H]1[C@@H]3CC(O)[C@](O)(C(=O)COC(=O)NCCOC(=O)OCCCCON(O)O)[C@@]3(C)C[C@H](O)[C@@]12F. The maximum Gasteiger partial charge on any atom is 0.508 e. The fourth-order valence-electron chi connectivity index (χ4n) is 7.86. The van der Waals surface area contributed by atoms with Crippen molar-refractivity contribution in [3.05, 3.63) is 23.8 Å². The topological polar surface area (TPSA) is 222 Å². The first-order chi connectivity index (χ1) is 21.1. The van der Waals surface area contributed by atoms with E-state index in [2.05, 4.69) is 10.2 Å². The molecule has 45 heavy (non-hydrogen) atoms. The van der Waals surface area contributed by atoms with Crippen molar-refractivity contribution in [2.75, 3.05) is 33.0 Å². The van der Waals surface area contributed by atoms with Crippen molar-refractivity contribution in [1.82, 2.24) is 10.7 Å². The third-order valence-electron chi connectivity index (χ3n) is 10.2. The Morgan fingerprint density at radius 1 is 1.04 bits per heavy atom. The van der Waals surface area contributed by atoms with Crippen molar-refractivity contribution < 1.29 is 68.4 Å². The standard InChI is InChI=1S/C29H41FN2O13/c1-26-8-7-18(33)13-17(26)5-6-19-20-14-21(34)29(39,27(20,2)15-22(35)28(19,26)30)23(36)16-44-24(37)31-9-12-43-25(38)42-10-3-4-11-45-32(40)41/h7-8,13,19-22,34-35,39-41H,3-6,9-12,14-16H2,1-2H3,(H,31,37)/t19-,20-,21?,22-,26-,27-,28-,29-/m0/s1. The molecule has 4 rings (SSSR count). The van der Waals surface area contributed by atoms with Gasteiger partial charge in [0, 0.05) is 16.7 Å². The minimum atomic E-state index is -2.44. The maximum atomic E-state index is 17.2. The average Bonchev–Trinajstić information content (AvgIpc) is 3.18. The van der Waals surface area contributed by atoms with E-state index in [0.717, 1.165) is 0 Å². The summed E-state index contributed by atoms with van der Waals surface area (Å²) in [5.41, 5.74) is -6.81. The molecule has 6 N–H and O–H groups in total. The number of hydrogen-bond donors (Lipinski definition) is 6. The molecule has 0 aromatic carbocycles. The zero-order valence-corrected chi connectivity index (χ0v) is 25.1. The number of nitrogens with zero attached hydrogens (tertiary/aromatic N) is 1. The van der Waals surface area contributed by atoms with Crippen LogP contribution in [0.2, 0.25) is 0 Å². The normalized spacial score (nSPS) is 36.8. The molecule has 0 aromatic heterocycles. The second-order valence-corrected chi connectivity index (χ2v) is 12.4. The molecule has 252 valence electrons. The van der Waals surface area contributed by atoms with E-state index in [4.69, 9.17) is 24.6 Å². The van der Waals surface area contributed by atoms with Crippen LogP contribution in [0.4, 0.5) is 14.0 Å². The molecule has 3 fully saturated rings. The molecule has 1 unspecified atom stereocenters. The Morgan fingerprint density at radius 2 is 1.73 bits per heavy atom. The number of ketones is 2. The number of alkyl carbamates (subject to hydrolysis) is 1. The molecule has 0 aromatic rings. The highest BCUT2D eigenvalue weighted by molar-refractivity contribution is 6.01. The number of Topliss-reactive ketones (excluding diaryl/α,β-unsaturated/α-hetero) is 1. The van der Waals surface area contributed by atoms with Crippen molar-refractivity contribution in [3.8, 4) is 0 Å². The number of rotatable bonds is 12. The highest BCUT2D eigenvalue weighted by Gasteiger charge is 2.76. The van der Waals surface area contributed by atoms with Crippen LogP contribution in [0.1, 0.15) is 52.4 Å². The largest absolute Gasteiger partial charge is 0.508 e. The van der Waals surface area contributed by atoms with Gasteiger partial charge in [0.15, 0.2) is 23.7 Å². The molecule has 3 saturated carbocycles. The zero-order valence-electron chi connectivity index (χ0n) is 25.1. The summed E-state index contributed by atoms with van der Waals surface area (Å²) in [5, 5.41) is 52.7. The first-order valence-corrected chi connectivity index (χ1v) is 14.9. The van der Waals surface area contributed by atoms with E-state index < -0.39 is 76.2 Å². The third kappa shape index (κ3) is 6.24. The summed E-state index contributed by atoms with van der Waals surface area (Å²) < 4.78 is 31.7. The van der Waals surface area contributed by atoms with E-state index in [1.54, 1.807) is 6.92 Å². The molecule has 0 spiro atoms. The minimum absolute atomic E-state index is 0.0170. The van der Waals surface area contributed by atoms with Crippen molar-refractivity contribution in [2.45, 2.75) is 75.9 Å². The molecule has 0 saturated heterocycles. The molecule has 16 heteroatoms. The lowest BCUT2D eigenvalue weighted by molar-refractivity contribution is -0.492. The van der Waals surface area contributed by atoms with E-state index in [1.807, 2.05) is 0 Å². The number of carbonyl (C=O) groups is 4. The Balaban J connectivity index is 1.29. The summed E-state index contributed by atoms with van der Waals surface area (Å²) >= 11 is 0. The summed E-state index contributed by atoms with van der Waals surface area (Å²) in [6.07, 6.45) is -0.295. The first-order valence-electron chi connectivity index (χ1n) is 14.9. The van der Waals surface area contributed by atoms with Gasteiger partial charge in [-0.05, 0) is 63.5 Å². The maximum absolute atomic E-state index is 17.2. The number of ether oxygens (including phenoxy) is 3. The van der Waals surface area contributed by atoms with Crippen LogP contribution in [0.5, 0.6) is 0 Å². The van der Waals surface area contributed by atoms with Crippen LogP contribution in [0.25, 0.3) is 0 Å². The van der Waals surface area contributed by atoms with Crippen molar-refractivity contribution >= 4 is 23.8 Å². The van der Waals surface area contributed by atoms with E-state index in [0.29, 0.717) is 24.8 Å². The first kappa shape index (κ1) is 34.9. The van der Waals surface area contributed by atoms with Gasteiger partial charge >= 0.3 is 12.2 Å². The molecule has 0 radical (unpaired) electrons. The van der Waals surface area contributed by atoms with Crippen molar-refractivity contribution in [2.24, 2.45) is 22.7 Å². The predicted molar refractivity (Wildman–Crippen MR) is 147 cm³/mol. The number of alkyl halides is 1. The molecule has 0 bridgehead atoms. The summed E-state index contributed by atoms with van der Waals surface area (Å²) in [5.74, 6) is -2.81. The number of amides is 1. The Bertz CT molecular complexity index is 1230. The molecule has 4 aliphatic carbocycles. The van der Waals surface area contributed by atoms with E-state index >= 15 is 4.39 Å². The lowest BCUT2D eigenvalue weighted by Gasteiger charge is -2.62. The van der Waals surface area contributed by atoms with Gasteiger partial charge < -0.3 is 34.8 Å². The number of hydrogen-bond acceptors (Lipinski definition) is 14. The molecule has 0 heterocycles. The lowest BCUT2D eigenvalue weighted by atomic mass is 9.44. The van der Waals surface area contributed by atoms with E-state index in [-0.39, 0.29) is 51.4 Å². The second kappa shape index (κ2) is 13.4. The number of nitrogens with one attached hydrogen (secondary N) is 1. The van der Waals surface area contributed by atoms with Crippen LogP contribution in [0.3, 0.4) is 0 Å². The van der Waals surface area contributed by atoms with Crippen molar-refractivity contribution in [3.63, 3.8) is 0 Å². The molecule has 1 amide bonds. The summed E-state index contributed by atoms with van der Waals surface area (Å²) in [6, 6.07) is 0. The van der Waals surface area contributed by atoms with Gasteiger partial charge in [0.05, 0.1) is 37.4 Å². The van der Waals surface area contributed by atoms with Crippen LogP contribution in [0.15, 0.2) is 23.8 Å². The minimum Gasteiger partial charge on any atom is -0.441 e. The van der Waals surface area contributed by atoms with E-state index in [1.165, 1.54) is 25.2 Å². The van der Waals surface area contributed by atoms with Crippen molar-refractivity contribution in [1.29, 1.82) is 0 Å². The van der Waals surface area contributed by atoms with Gasteiger partial charge in [-0.1, -0.05) is 18.6 Å². The number of carbonyl (C=O) groups excluding carboxylic acids is 4. The number of halogens is 1. The summed E-state index contributed by atoms with van der Waals surface area (Å²) in [4.78, 5) is 53.4. The van der Waals surface area contributed by atoms with Crippen LogP contribution in [-0.4, -0.2) is 111 Å². The van der Waals surface area contributed by atoms with Crippen LogP contribution >= 0.6 is 0 Å². The van der Waals surface area contributed by atoms with Gasteiger partial charge in [0.25, 0.3) is 0 Å². The molecule has 4 aliphatic rings. The Hall–Kier alpha value is -2.99. The van der Waals surface area contributed by atoms with Gasteiger partial charge in [-0.2, -0.15) is 0 Å². The smallest absolute Gasteiger partial charge is 0.441 e. The molecule has 0 aliphatic heterocycles. The summed E-state index contributed by atoms with van der Waals surface area (Å²) in [7, 11) is 0. The predicted octanol–water partition coefficient (Wildman–Crippen LogP) is 1.30. The fourth-order valence-corrected chi connectivity index (χ4v) is 7.86. The van der Waals surface area contributed by atoms with Crippen LogP contribution in [0, 0.1) is 22.7 Å². The monoisotopic (exact) mass is 644 g/mol. The number of unbranched alkanes of at least 4 members (excludes halogenated alkanes) is 1. The van der Waals surface area contributed by atoms with Gasteiger partial charge in [0.2, 0.25) is 5.78 Å². The van der Waals surface area contributed by atoms with Gasteiger partial charge in [0.1, 0.15) is 6.61 Å². The number of allylic oxidation sites excluding steroid dienone is 4. The van der Waals surface area contributed by atoms with E-state index in [9.17, 15) is 34.5 Å². The Kier molecular flexibility index (Phi) is 10.4. The second-order valence-electron chi connectivity index (χ2n) is 12.4. The number of aliphatic hydroxyl groups is 3. The number of aliphatic hydroxyl groups excluding tert-OH is 2. The Labute approximate surface area is 258 Å². The Morgan fingerprint density at radius 3 is 2.44 bits per heavy atom. The number of fused-ring (bicyclic) bond motifs is 5. The highest BCUT2D eigenvalue weighted by atomic mass is 19.1. The highest BCUT2D eigenvalue weighted by Crippen LogP contribution is 2.69. The summed E-state index contributed by atoms with van der Waals surface area (Å²) in [6.45, 7) is 1.71. The zero-order chi connectivity index (χ0) is 33.2. The molecule has 15 nitrogen and oxygen atoms in total. The lowest BCUT2D eigenvalue weighted by Crippen LogP contribution is -2.69. The molecular weight excluding hydrogens is 603 g/mol. The van der Waals surface area contributed by atoms with Gasteiger partial charge in [-0.25, -0.2) is 14.0 Å². The quantitative estimate of drug-likeness (QED) is 0.100.